The predicted octanol–water partition coefficient (Wildman–Crippen LogP) is 3.03. The molecule has 0 radical (unpaired) electrons. The van der Waals surface area contributed by atoms with Gasteiger partial charge in [0.1, 0.15) is 17.5 Å². The molecular formula is C24H23NO8. The van der Waals surface area contributed by atoms with Crippen LogP contribution in [0.25, 0.3) is 6.08 Å². The molecule has 0 saturated carbocycles. The number of carbonyl (C=O) groups excluding carboxylic acids is 2. The molecule has 0 unspecified atom stereocenters. The van der Waals surface area contributed by atoms with Crippen LogP contribution in [0.3, 0.4) is 0 Å². The highest BCUT2D eigenvalue weighted by atomic mass is 16.7. The number of ketones is 1. The van der Waals surface area contributed by atoms with E-state index < -0.39 is 17.9 Å². The lowest BCUT2D eigenvalue weighted by Crippen LogP contribution is -2.46. The maximum absolute atomic E-state index is 12.7. The Labute approximate surface area is 189 Å². The lowest BCUT2D eigenvalue weighted by atomic mass is 9.99. The van der Waals surface area contributed by atoms with Crippen LogP contribution in [0.5, 0.6) is 23.0 Å². The van der Waals surface area contributed by atoms with Gasteiger partial charge in [-0.05, 0) is 41.8 Å². The van der Waals surface area contributed by atoms with E-state index in [1.165, 1.54) is 6.07 Å². The van der Waals surface area contributed by atoms with E-state index in [4.69, 9.17) is 18.9 Å². The molecule has 1 amide bonds. The Morgan fingerprint density at radius 2 is 1.94 bits per heavy atom. The minimum atomic E-state index is -1.09. The van der Waals surface area contributed by atoms with Crippen molar-refractivity contribution in [2.45, 2.75) is 26.3 Å². The van der Waals surface area contributed by atoms with E-state index >= 15 is 0 Å². The zero-order chi connectivity index (χ0) is 23.5. The normalized spacial score (nSPS) is 16.7. The van der Waals surface area contributed by atoms with Crippen LogP contribution in [0.2, 0.25) is 0 Å². The lowest BCUT2D eigenvalue weighted by molar-refractivity contribution is -0.143. The van der Waals surface area contributed by atoms with Gasteiger partial charge in [-0.25, -0.2) is 4.79 Å². The Bertz CT molecular complexity index is 1140. The second-order valence-corrected chi connectivity index (χ2v) is 7.77. The number of benzene rings is 2. The van der Waals surface area contributed by atoms with Crippen molar-refractivity contribution in [3.8, 4) is 23.0 Å². The minimum absolute atomic E-state index is 0.150. The van der Waals surface area contributed by atoms with E-state index in [-0.39, 0.29) is 30.9 Å². The van der Waals surface area contributed by atoms with Gasteiger partial charge in [0.15, 0.2) is 23.9 Å². The molecule has 4 rings (SSSR count). The Balaban J connectivity index is 1.41. The van der Waals surface area contributed by atoms with Gasteiger partial charge in [-0.1, -0.05) is 26.3 Å². The first-order valence-corrected chi connectivity index (χ1v) is 10.5. The second-order valence-electron chi connectivity index (χ2n) is 7.77. The monoisotopic (exact) mass is 453 g/mol. The number of carbonyl (C=O) groups is 3. The van der Waals surface area contributed by atoms with Crippen LogP contribution in [0.4, 0.5) is 0 Å². The van der Waals surface area contributed by atoms with Crippen molar-refractivity contribution in [2.24, 2.45) is 5.92 Å². The summed E-state index contributed by atoms with van der Waals surface area (Å²) in [5, 5.41) is 11.8. The average molecular weight is 453 g/mol. The first kappa shape index (κ1) is 22.2. The van der Waals surface area contributed by atoms with Crippen molar-refractivity contribution >= 4 is 23.7 Å². The Kier molecular flexibility index (Phi) is 6.21. The molecule has 2 atom stereocenters. The molecule has 2 aromatic rings. The number of carboxylic acids is 1. The molecule has 2 aliphatic heterocycles. The van der Waals surface area contributed by atoms with Crippen molar-refractivity contribution < 1.29 is 38.4 Å². The summed E-state index contributed by atoms with van der Waals surface area (Å²) < 4.78 is 21.8. The van der Waals surface area contributed by atoms with Crippen molar-refractivity contribution in [1.29, 1.82) is 0 Å². The van der Waals surface area contributed by atoms with Gasteiger partial charge in [-0.3, -0.25) is 9.59 Å². The van der Waals surface area contributed by atoms with Gasteiger partial charge in [0.2, 0.25) is 12.6 Å². The van der Waals surface area contributed by atoms with Gasteiger partial charge >= 0.3 is 5.97 Å². The van der Waals surface area contributed by atoms with E-state index in [2.05, 4.69) is 5.32 Å². The predicted molar refractivity (Wildman–Crippen MR) is 116 cm³/mol. The lowest BCUT2D eigenvalue weighted by Gasteiger charge is -2.20. The molecule has 2 aliphatic rings. The van der Waals surface area contributed by atoms with E-state index in [9.17, 15) is 19.5 Å². The summed E-state index contributed by atoms with van der Waals surface area (Å²) in [6, 6.07) is 8.95. The number of hydrogen-bond acceptors (Lipinski definition) is 7. The van der Waals surface area contributed by atoms with Gasteiger partial charge in [0, 0.05) is 6.07 Å². The van der Waals surface area contributed by atoms with E-state index in [0.717, 1.165) is 5.56 Å². The van der Waals surface area contributed by atoms with Gasteiger partial charge in [-0.15, -0.1) is 0 Å². The van der Waals surface area contributed by atoms with Crippen molar-refractivity contribution in [2.75, 3.05) is 13.4 Å². The quantitative estimate of drug-likeness (QED) is 0.585. The molecule has 2 N–H and O–H groups in total. The fourth-order valence-electron chi connectivity index (χ4n) is 3.46. The maximum Gasteiger partial charge on any atom is 0.326 e. The van der Waals surface area contributed by atoms with Crippen LogP contribution in [-0.4, -0.2) is 42.2 Å². The molecule has 9 heteroatoms. The molecule has 0 aromatic heterocycles. The van der Waals surface area contributed by atoms with Gasteiger partial charge in [-0.2, -0.15) is 0 Å². The van der Waals surface area contributed by atoms with E-state index in [1.54, 1.807) is 43.3 Å². The summed E-state index contributed by atoms with van der Waals surface area (Å²) in [5.74, 6) is -0.123. The smallest absolute Gasteiger partial charge is 0.326 e. The number of aliphatic carboxylic acids is 1. The number of carboxylic acid groups (broad SMARTS) is 1. The molecule has 172 valence electrons. The highest BCUT2D eigenvalue weighted by Crippen LogP contribution is 2.37. The van der Waals surface area contributed by atoms with Gasteiger partial charge in [0.05, 0.1) is 5.56 Å². The van der Waals surface area contributed by atoms with Crippen LogP contribution in [-0.2, 0) is 9.59 Å². The van der Waals surface area contributed by atoms with Crippen LogP contribution in [0, 0.1) is 5.92 Å². The summed E-state index contributed by atoms with van der Waals surface area (Å²) in [5.41, 5.74) is 1.10. The largest absolute Gasteiger partial charge is 0.484 e. The molecule has 0 spiro atoms. The molecule has 0 fully saturated rings. The molecule has 2 heterocycles. The standard InChI is InChI=1S/C24H23NO8/c1-3-13(2)22(24(28)29)25-21(26)11-30-15-5-6-16-18(10-15)33-20(23(16)27)9-14-4-7-17-19(8-14)32-12-31-17/h4-10,13,22H,3,11-12H2,1-2H3,(H,25,26)(H,28,29)/t13-,22-/m0/s1. The third-order valence-corrected chi connectivity index (χ3v) is 5.50. The summed E-state index contributed by atoms with van der Waals surface area (Å²) in [4.78, 5) is 36.2. The molecule has 0 bridgehead atoms. The van der Waals surface area contributed by atoms with E-state index in [1.807, 2.05) is 6.92 Å². The SMILES string of the molecule is CC[C@H](C)[C@H](NC(=O)COc1ccc2c(c1)OC(=Cc1ccc3c(c1)OCO3)C2=O)C(=O)O. The number of rotatable bonds is 8. The van der Waals surface area contributed by atoms with Crippen LogP contribution >= 0.6 is 0 Å². The number of amides is 1. The summed E-state index contributed by atoms with van der Waals surface area (Å²) in [6.45, 7) is 3.40. The molecule has 2 aromatic carbocycles. The first-order chi connectivity index (χ1) is 15.9. The molecule has 33 heavy (non-hydrogen) atoms. The average Bonchev–Trinajstić information content (AvgIpc) is 3.39. The fraction of sp³-hybridized carbons (Fsp3) is 0.292. The van der Waals surface area contributed by atoms with Crippen LogP contribution in [0.15, 0.2) is 42.2 Å². The number of Topliss-reactive ketones (excluding diaryl/α,β-unsaturated/α-hetero) is 1. The Morgan fingerprint density at radius 3 is 2.70 bits per heavy atom. The van der Waals surface area contributed by atoms with Crippen molar-refractivity contribution in [3.05, 3.63) is 53.3 Å². The van der Waals surface area contributed by atoms with E-state index in [0.29, 0.717) is 35.0 Å². The van der Waals surface area contributed by atoms with Gasteiger partial charge in [0.25, 0.3) is 5.91 Å². The maximum atomic E-state index is 12.7. The highest BCUT2D eigenvalue weighted by molar-refractivity contribution is 6.14. The molecule has 0 saturated heterocycles. The number of hydrogen-bond donors (Lipinski definition) is 2. The number of fused-ring (bicyclic) bond motifs is 2. The molecule has 9 nitrogen and oxygen atoms in total. The number of allylic oxidation sites excluding steroid dienone is 1. The zero-order valence-corrected chi connectivity index (χ0v) is 18.1. The van der Waals surface area contributed by atoms with Gasteiger partial charge < -0.3 is 29.4 Å². The summed E-state index contributed by atoms with van der Waals surface area (Å²) in [6.07, 6.45) is 2.22. The minimum Gasteiger partial charge on any atom is -0.484 e. The van der Waals surface area contributed by atoms with Crippen molar-refractivity contribution in [3.63, 3.8) is 0 Å². The first-order valence-electron chi connectivity index (χ1n) is 10.5. The molecular weight excluding hydrogens is 430 g/mol. The molecule has 0 aliphatic carbocycles. The third-order valence-electron chi connectivity index (χ3n) is 5.50. The fourth-order valence-corrected chi connectivity index (χ4v) is 3.46. The summed E-state index contributed by atoms with van der Waals surface area (Å²) in [7, 11) is 0. The zero-order valence-electron chi connectivity index (χ0n) is 18.1. The van der Waals surface area contributed by atoms with Crippen molar-refractivity contribution in [1.82, 2.24) is 5.32 Å². The third kappa shape index (κ3) is 4.77. The number of ether oxygens (including phenoxy) is 4. The van der Waals surface area contributed by atoms with Crippen LogP contribution < -0.4 is 24.3 Å². The Hall–Kier alpha value is -4.01. The Morgan fingerprint density at radius 1 is 1.15 bits per heavy atom. The number of nitrogens with one attached hydrogen (secondary N) is 1. The van der Waals surface area contributed by atoms with Crippen LogP contribution in [0.1, 0.15) is 36.2 Å². The topological polar surface area (TPSA) is 120 Å². The summed E-state index contributed by atoms with van der Waals surface area (Å²) >= 11 is 0. The highest BCUT2D eigenvalue weighted by Gasteiger charge is 2.29. The second kappa shape index (κ2) is 9.23.